The topological polar surface area (TPSA) is 78.9 Å². The molecule has 0 aromatic rings. The van der Waals surface area contributed by atoms with E-state index in [0.717, 1.165) is 96.3 Å². The molecule has 0 heterocycles. The van der Waals surface area contributed by atoms with E-state index >= 15 is 0 Å². The highest BCUT2D eigenvalue weighted by Gasteiger charge is 2.19. The second-order valence-corrected chi connectivity index (χ2v) is 16.7. The highest BCUT2D eigenvalue weighted by molar-refractivity contribution is 5.71. The van der Waals surface area contributed by atoms with Crippen molar-refractivity contribution in [3.8, 4) is 0 Å². The molecule has 0 aromatic heterocycles. The van der Waals surface area contributed by atoms with E-state index in [1.807, 2.05) is 122 Å². The molecule has 0 aromatic carbocycles. The molecule has 0 saturated heterocycles. The molecule has 0 radical (unpaired) electrons. The largest absolute Gasteiger partial charge is 0.462 e. The Labute approximate surface area is 427 Å². The van der Waals surface area contributed by atoms with Crippen molar-refractivity contribution in [3.05, 3.63) is 194 Å². The van der Waals surface area contributed by atoms with Gasteiger partial charge in [-0.15, -0.1) is 0 Å². The third-order valence-electron chi connectivity index (χ3n) is 10.2. The summed E-state index contributed by atoms with van der Waals surface area (Å²) in [4.78, 5) is 38.1. The van der Waals surface area contributed by atoms with E-state index in [-0.39, 0.29) is 50.4 Å². The lowest BCUT2D eigenvalue weighted by atomic mass is 10.1. The number of carbonyl (C=O) groups excluding carboxylic acids is 3. The molecule has 0 aliphatic carbocycles. The van der Waals surface area contributed by atoms with Gasteiger partial charge in [-0.3, -0.25) is 14.4 Å². The Hall–Kier alpha value is -5.75. The fourth-order valence-electron chi connectivity index (χ4n) is 6.28. The lowest BCUT2D eigenvalue weighted by Crippen LogP contribution is -2.30. The maximum atomic E-state index is 12.8. The lowest BCUT2D eigenvalue weighted by molar-refractivity contribution is -0.167. The summed E-state index contributed by atoms with van der Waals surface area (Å²) in [5.74, 6) is -1.06. The second-order valence-electron chi connectivity index (χ2n) is 16.7. The van der Waals surface area contributed by atoms with Crippen LogP contribution >= 0.6 is 0 Å². The van der Waals surface area contributed by atoms with Gasteiger partial charge in [-0.05, 0) is 83.5 Å². The van der Waals surface area contributed by atoms with Crippen LogP contribution in [0, 0.1) is 0 Å². The van der Waals surface area contributed by atoms with E-state index in [4.69, 9.17) is 14.2 Å². The molecular weight excluding hydrogens is 865 g/mol. The van der Waals surface area contributed by atoms with Gasteiger partial charge in [-0.1, -0.05) is 260 Å². The fourth-order valence-corrected chi connectivity index (χ4v) is 6.28. The molecule has 384 valence electrons. The first-order valence-electron chi connectivity index (χ1n) is 26.7. The molecule has 1 unspecified atom stereocenters. The van der Waals surface area contributed by atoms with Gasteiger partial charge in [0.2, 0.25) is 0 Å². The summed E-state index contributed by atoms with van der Waals surface area (Å²) in [6.07, 6.45) is 85.4. The van der Waals surface area contributed by atoms with E-state index in [1.54, 1.807) is 0 Å². The molecule has 0 saturated carbocycles. The first kappa shape index (κ1) is 64.2. The van der Waals surface area contributed by atoms with E-state index in [1.165, 1.54) is 19.3 Å². The van der Waals surface area contributed by atoms with Crippen molar-refractivity contribution >= 4 is 17.9 Å². The molecule has 0 aliphatic rings. The highest BCUT2D eigenvalue weighted by Crippen LogP contribution is 2.12. The third kappa shape index (κ3) is 53.2. The third-order valence-corrected chi connectivity index (χ3v) is 10.2. The van der Waals surface area contributed by atoms with E-state index in [9.17, 15) is 14.4 Å². The molecule has 1 atom stereocenters. The Morgan fingerprint density at radius 1 is 0.300 bits per heavy atom. The average Bonchev–Trinajstić information content (AvgIpc) is 3.36. The molecule has 0 aliphatic heterocycles. The van der Waals surface area contributed by atoms with Crippen molar-refractivity contribution in [2.75, 3.05) is 13.2 Å². The Bertz CT molecular complexity index is 1760. The van der Waals surface area contributed by atoms with Crippen molar-refractivity contribution in [3.63, 3.8) is 0 Å². The summed E-state index contributed by atoms with van der Waals surface area (Å²) >= 11 is 0. The predicted octanol–water partition coefficient (Wildman–Crippen LogP) is 17.9. The van der Waals surface area contributed by atoms with Crippen molar-refractivity contribution < 1.29 is 28.6 Å². The zero-order valence-corrected chi connectivity index (χ0v) is 43.7. The number of carbonyl (C=O) groups is 3. The average molecular weight is 957 g/mol. The van der Waals surface area contributed by atoms with Gasteiger partial charge in [0.15, 0.2) is 6.10 Å². The monoisotopic (exact) mass is 957 g/mol. The Morgan fingerprint density at radius 3 is 0.886 bits per heavy atom. The first-order chi connectivity index (χ1) is 34.5. The number of rotatable bonds is 44. The molecule has 6 heteroatoms. The van der Waals surface area contributed by atoms with E-state index in [2.05, 4.69) is 93.7 Å². The quantitative estimate of drug-likeness (QED) is 0.0262. The van der Waals surface area contributed by atoms with Crippen molar-refractivity contribution in [1.29, 1.82) is 0 Å². The molecule has 0 rings (SSSR count). The second kappa shape index (κ2) is 55.8. The smallest absolute Gasteiger partial charge is 0.306 e. The van der Waals surface area contributed by atoms with Crippen LogP contribution < -0.4 is 0 Å². The van der Waals surface area contributed by atoms with Crippen LogP contribution in [-0.2, 0) is 28.6 Å². The molecule has 0 bridgehead atoms. The van der Waals surface area contributed by atoms with Crippen LogP contribution in [-0.4, -0.2) is 37.2 Å². The van der Waals surface area contributed by atoms with Crippen molar-refractivity contribution in [1.82, 2.24) is 0 Å². The highest BCUT2D eigenvalue weighted by atomic mass is 16.6. The van der Waals surface area contributed by atoms with Crippen LogP contribution in [0.1, 0.15) is 168 Å². The van der Waals surface area contributed by atoms with Gasteiger partial charge >= 0.3 is 17.9 Å². The maximum Gasteiger partial charge on any atom is 0.306 e. The van der Waals surface area contributed by atoms with Gasteiger partial charge < -0.3 is 14.2 Å². The number of ether oxygens (including phenoxy) is 3. The van der Waals surface area contributed by atoms with Gasteiger partial charge in [0.1, 0.15) is 13.2 Å². The minimum atomic E-state index is -0.841. The van der Waals surface area contributed by atoms with Crippen LogP contribution in [0.4, 0.5) is 0 Å². The number of allylic oxidation sites excluding steroid dienone is 32. The van der Waals surface area contributed by atoms with Gasteiger partial charge in [0.25, 0.3) is 0 Å². The van der Waals surface area contributed by atoms with Crippen LogP contribution in [0.2, 0.25) is 0 Å². The van der Waals surface area contributed by atoms with E-state index < -0.39 is 6.10 Å². The van der Waals surface area contributed by atoms with Crippen molar-refractivity contribution in [2.45, 2.75) is 175 Å². The van der Waals surface area contributed by atoms with Gasteiger partial charge in [-0.2, -0.15) is 0 Å². The standard InChI is InChI=1S/C64H92O6/c1-4-7-10-13-16-19-22-25-28-30-32-34-36-39-42-45-48-51-54-57-63(66)69-60-61(59-68-62(65)56-53-50-47-44-41-38-35-27-24-21-18-15-12-9-6-3)70-64(67)58-55-52-49-46-43-40-37-33-31-29-26-23-20-17-14-11-8-5-2/h7,9-10,12-13,15-39,41-42,61H,4-6,8,11,14,40,43-60H2,1-3H3/b10-7-,12-9-,16-13-,18-15-,20-17-,22-19-,24-21-,26-23-,28-25-,31-29-,32-30+,35-27-,36-34-,37-33-,41-38-,42-39-. The summed E-state index contributed by atoms with van der Waals surface area (Å²) in [5.41, 5.74) is 0. The minimum Gasteiger partial charge on any atom is -0.462 e. The zero-order chi connectivity index (χ0) is 50.7. The van der Waals surface area contributed by atoms with Gasteiger partial charge in [0.05, 0.1) is 0 Å². The van der Waals surface area contributed by atoms with Crippen LogP contribution in [0.25, 0.3) is 0 Å². The number of hydrogen-bond donors (Lipinski definition) is 0. The number of unbranched alkanes of at least 4 members (excludes halogenated alkanes) is 14. The molecule has 6 nitrogen and oxygen atoms in total. The summed E-state index contributed by atoms with van der Waals surface area (Å²) in [5, 5.41) is 0. The lowest BCUT2D eigenvalue weighted by Gasteiger charge is -2.18. The molecule has 70 heavy (non-hydrogen) atoms. The van der Waals surface area contributed by atoms with E-state index in [0.29, 0.717) is 12.8 Å². The molecular formula is C64H92O6. The zero-order valence-electron chi connectivity index (χ0n) is 43.7. The van der Waals surface area contributed by atoms with Gasteiger partial charge in [0, 0.05) is 19.3 Å². The molecule has 0 fully saturated rings. The SMILES string of the molecule is CC\C=C/C=C\C=C/C=C\C=C/CCCCCC(=O)OCC(COC(=O)CCCCC\C=C/C=C\C=C\C=C/C=C\C=C/C=C\CC)OC(=O)CCCCCCC\C=C/C=C\C=C/C=C\CCCCC. The summed E-state index contributed by atoms with van der Waals surface area (Å²) in [6.45, 7) is 6.18. The number of esters is 3. The first-order valence-corrected chi connectivity index (χ1v) is 26.7. The fraction of sp³-hybridized carbons (Fsp3) is 0.453. The predicted molar refractivity (Wildman–Crippen MR) is 301 cm³/mol. The number of hydrogen-bond acceptors (Lipinski definition) is 6. The Morgan fingerprint density at radius 2 is 0.557 bits per heavy atom. The minimum absolute atomic E-state index is 0.137. The van der Waals surface area contributed by atoms with Gasteiger partial charge in [-0.25, -0.2) is 0 Å². The summed E-state index contributed by atoms with van der Waals surface area (Å²) in [6, 6.07) is 0. The molecule has 0 amide bonds. The van der Waals surface area contributed by atoms with Crippen LogP contribution in [0.3, 0.4) is 0 Å². The molecule has 0 spiro atoms. The maximum absolute atomic E-state index is 12.8. The van der Waals surface area contributed by atoms with Crippen LogP contribution in [0.5, 0.6) is 0 Å². The molecule has 0 N–H and O–H groups in total. The Kier molecular flexibility index (Phi) is 51.3. The summed E-state index contributed by atoms with van der Waals surface area (Å²) in [7, 11) is 0. The van der Waals surface area contributed by atoms with Crippen LogP contribution in [0.15, 0.2) is 194 Å². The Balaban J connectivity index is 4.68. The van der Waals surface area contributed by atoms with Crippen molar-refractivity contribution in [2.24, 2.45) is 0 Å². The summed E-state index contributed by atoms with van der Waals surface area (Å²) < 4.78 is 16.7. The normalized spacial score (nSPS) is 13.7.